The van der Waals surface area contributed by atoms with Crippen LogP contribution >= 0.6 is 0 Å². The molecule has 4 N–H and O–H groups in total. The highest BCUT2D eigenvalue weighted by molar-refractivity contribution is 7.89. The van der Waals surface area contributed by atoms with Crippen LogP contribution in [0.15, 0.2) is 23.4 Å². The third-order valence-electron chi connectivity index (χ3n) is 1.48. The third kappa shape index (κ3) is 2.83. The van der Waals surface area contributed by atoms with Crippen molar-refractivity contribution in [2.24, 2.45) is 5.73 Å². The van der Waals surface area contributed by atoms with Crippen LogP contribution in [0, 0.1) is 0 Å². The van der Waals surface area contributed by atoms with Gasteiger partial charge in [-0.15, -0.1) is 0 Å². The van der Waals surface area contributed by atoms with Gasteiger partial charge in [-0.2, -0.15) is 0 Å². The number of aromatic amines is 1. The molecule has 1 aromatic heterocycles. The quantitative estimate of drug-likeness (QED) is 0.624. The molecule has 6 heteroatoms. The Labute approximate surface area is 77.4 Å². The van der Waals surface area contributed by atoms with Crippen LogP contribution in [0.3, 0.4) is 0 Å². The summed E-state index contributed by atoms with van der Waals surface area (Å²) in [5, 5.41) is 0. The van der Waals surface area contributed by atoms with Gasteiger partial charge in [-0.25, -0.2) is 13.1 Å². The fourth-order valence-electron chi connectivity index (χ4n) is 0.800. The number of hydrogen-bond acceptors (Lipinski definition) is 3. The maximum Gasteiger partial charge on any atom is 0.242 e. The second kappa shape index (κ2) is 3.91. The summed E-state index contributed by atoms with van der Waals surface area (Å²) in [6.45, 7) is 1.98. The van der Waals surface area contributed by atoms with Crippen molar-refractivity contribution in [3.63, 3.8) is 0 Å². The second-order valence-corrected chi connectivity index (χ2v) is 4.64. The Morgan fingerprint density at radius 3 is 2.85 bits per heavy atom. The molecule has 0 saturated carbocycles. The van der Waals surface area contributed by atoms with Gasteiger partial charge in [0.15, 0.2) is 0 Å². The summed E-state index contributed by atoms with van der Waals surface area (Å²) in [5.74, 6) is 0. The first-order valence-electron chi connectivity index (χ1n) is 3.90. The van der Waals surface area contributed by atoms with Gasteiger partial charge >= 0.3 is 0 Å². The zero-order chi connectivity index (χ0) is 9.90. The van der Waals surface area contributed by atoms with E-state index in [4.69, 9.17) is 5.73 Å². The van der Waals surface area contributed by atoms with Crippen LogP contribution in [0.25, 0.3) is 0 Å². The molecule has 0 spiro atoms. The molecule has 0 radical (unpaired) electrons. The smallest absolute Gasteiger partial charge is 0.242 e. The highest BCUT2D eigenvalue weighted by Gasteiger charge is 2.13. The van der Waals surface area contributed by atoms with E-state index in [1.54, 1.807) is 13.1 Å². The molecule has 1 rings (SSSR count). The van der Waals surface area contributed by atoms with Crippen LogP contribution in [-0.4, -0.2) is 26.0 Å². The standard InChI is InChI=1S/C7H13N3O2S/c1-6(8)4-10-13(11,12)7-2-3-9-5-7/h2-3,5-6,9-10H,4,8H2,1H3. The molecule has 0 aliphatic heterocycles. The highest BCUT2D eigenvalue weighted by Crippen LogP contribution is 2.05. The first kappa shape index (κ1) is 10.2. The molecule has 0 amide bonds. The van der Waals surface area contributed by atoms with E-state index in [2.05, 4.69) is 9.71 Å². The van der Waals surface area contributed by atoms with E-state index >= 15 is 0 Å². The maximum absolute atomic E-state index is 11.4. The van der Waals surface area contributed by atoms with Gasteiger partial charge in [0.25, 0.3) is 0 Å². The van der Waals surface area contributed by atoms with E-state index in [-0.39, 0.29) is 17.5 Å². The van der Waals surface area contributed by atoms with Crippen molar-refractivity contribution < 1.29 is 8.42 Å². The van der Waals surface area contributed by atoms with E-state index in [9.17, 15) is 8.42 Å². The Hall–Kier alpha value is -0.850. The van der Waals surface area contributed by atoms with E-state index in [1.807, 2.05) is 0 Å². The number of rotatable bonds is 4. The van der Waals surface area contributed by atoms with Crippen LogP contribution in [0.1, 0.15) is 6.92 Å². The van der Waals surface area contributed by atoms with Gasteiger partial charge in [-0.05, 0) is 13.0 Å². The van der Waals surface area contributed by atoms with Crippen molar-refractivity contribution in [2.45, 2.75) is 17.9 Å². The van der Waals surface area contributed by atoms with Gasteiger partial charge in [0.2, 0.25) is 10.0 Å². The van der Waals surface area contributed by atoms with Crippen LogP contribution in [-0.2, 0) is 10.0 Å². The zero-order valence-electron chi connectivity index (χ0n) is 7.32. The molecule has 0 aliphatic carbocycles. The molecule has 0 aliphatic rings. The third-order valence-corrected chi connectivity index (χ3v) is 2.90. The van der Waals surface area contributed by atoms with Gasteiger partial charge in [-0.1, -0.05) is 0 Å². The largest absolute Gasteiger partial charge is 0.366 e. The average molecular weight is 203 g/mol. The fourth-order valence-corrected chi connectivity index (χ4v) is 1.92. The molecule has 0 bridgehead atoms. The Kier molecular flexibility index (Phi) is 3.07. The number of hydrogen-bond donors (Lipinski definition) is 3. The molecule has 0 aromatic carbocycles. The lowest BCUT2D eigenvalue weighted by molar-refractivity contribution is 0.574. The van der Waals surface area contributed by atoms with Crippen molar-refractivity contribution in [3.05, 3.63) is 18.5 Å². The van der Waals surface area contributed by atoms with Gasteiger partial charge in [0.05, 0.1) is 4.90 Å². The molecule has 1 unspecified atom stereocenters. The summed E-state index contributed by atoms with van der Waals surface area (Å²) in [5.41, 5.74) is 5.42. The Bertz CT molecular complexity index is 342. The van der Waals surface area contributed by atoms with Crippen LogP contribution in [0.2, 0.25) is 0 Å². The molecule has 13 heavy (non-hydrogen) atoms. The number of sulfonamides is 1. The summed E-state index contributed by atoms with van der Waals surface area (Å²) in [7, 11) is -3.37. The second-order valence-electron chi connectivity index (χ2n) is 2.88. The number of nitrogens with one attached hydrogen (secondary N) is 2. The van der Waals surface area contributed by atoms with Gasteiger partial charge < -0.3 is 10.7 Å². The minimum Gasteiger partial charge on any atom is -0.366 e. The molecule has 1 aromatic rings. The summed E-state index contributed by atoms with van der Waals surface area (Å²) < 4.78 is 25.2. The normalized spacial score (nSPS) is 14.3. The molecule has 1 atom stereocenters. The first-order valence-corrected chi connectivity index (χ1v) is 5.39. The van der Waals surface area contributed by atoms with Crippen molar-refractivity contribution in [1.82, 2.24) is 9.71 Å². The van der Waals surface area contributed by atoms with E-state index in [0.717, 1.165) is 0 Å². The van der Waals surface area contributed by atoms with Crippen molar-refractivity contribution >= 4 is 10.0 Å². The highest BCUT2D eigenvalue weighted by atomic mass is 32.2. The Morgan fingerprint density at radius 2 is 2.38 bits per heavy atom. The lowest BCUT2D eigenvalue weighted by Gasteiger charge is -2.06. The molecular weight excluding hydrogens is 190 g/mol. The van der Waals surface area contributed by atoms with Crippen molar-refractivity contribution in [3.8, 4) is 0 Å². The Morgan fingerprint density at radius 1 is 1.69 bits per heavy atom. The predicted molar refractivity (Wildman–Crippen MR) is 49.6 cm³/mol. The Balaban J connectivity index is 2.68. The lowest BCUT2D eigenvalue weighted by Crippen LogP contribution is -2.34. The lowest BCUT2D eigenvalue weighted by atomic mass is 10.4. The minimum absolute atomic E-state index is 0.186. The first-order chi connectivity index (χ1) is 6.02. The van der Waals surface area contributed by atoms with E-state index in [1.165, 1.54) is 12.3 Å². The summed E-state index contributed by atoms with van der Waals surface area (Å²) in [4.78, 5) is 2.90. The molecule has 1 heterocycles. The van der Waals surface area contributed by atoms with E-state index in [0.29, 0.717) is 0 Å². The monoisotopic (exact) mass is 203 g/mol. The van der Waals surface area contributed by atoms with Crippen molar-refractivity contribution in [1.29, 1.82) is 0 Å². The molecule has 74 valence electrons. The number of aromatic nitrogens is 1. The maximum atomic E-state index is 11.4. The van der Waals surface area contributed by atoms with Gasteiger partial charge in [-0.3, -0.25) is 0 Å². The average Bonchev–Trinajstić information content (AvgIpc) is 2.53. The SMILES string of the molecule is CC(N)CNS(=O)(=O)c1cc[nH]c1. The fraction of sp³-hybridized carbons (Fsp3) is 0.429. The molecular formula is C7H13N3O2S. The predicted octanol–water partition coefficient (Wildman–Crippen LogP) is -0.360. The number of nitrogens with two attached hydrogens (primary N) is 1. The minimum atomic E-state index is -3.37. The topological polar surface area (TPSA) is 88.0 Å². The van der Waals surface area contributed by atoms with Crippen LogP contribution < -0.4 is 10.5 Å². The molecule has 5 nitrogen and oxygen atoms in total. The van der Waals surface area contributed by atoms with Crippen LogP contribution in [0.4, 0.5) is 0 Å². The zero-order valence-corrected chi connectivity index (χ0v) is 8.14. The van der Waals surface area contributed by atoms with E-state index < -0.39 is 10.0 Å². The van der Waals surface area contributed by atoms with Gasteiger partial charge in [0.1, 0.15) is 0 Å². The summed E-state index contributed by atoms with van der Waals surface area (Å²) >= 11 is 0. The summed E-state index contributed by atoms with van der Waals surface area (Å²) in [6.07, 6.45) is 2.98. The van der Waals surface area contributed by atoms with Gasteiger partial charge in [0, 0.05) is 25.0 Å². The molecule has 0 fully saturated rings. The van der Waals surface area contributed by atoms with Crippen molar-refractivity contribution in [2.75, 3.05) is 6.54 Å². The number of H-pyrrole nitrogens is 1. The summed E-state index contributed by atoms with van der Waals surface area (Å²) in [6, 6.07) is 1.30. The molecule has 0 saturated heterocycles. The van der Waals surface area contributed by atoms with Crippen LogP contribution in [0.5, 0.6) is 0 Å².